The standard InChI is InChI=1S/C36H55N7O6.C27H39N5O5.C9H18N2O2/c1-5-10-25(29(44)34(48)39-23-15-16-23)40-33(47)28-24-14-9-13-22(24)20-43(28)35(49)30(36(2,3)4)42-32(46)27(21-11-7-6-8-12-21)41-31(45)26-19-37-17-18-38-26;1-27(2,3)22(25(35)32-15-17-10-7-11-18(17)21(32)26(36)37)31-24(34)20(16-8-5-4-6-9-16)30-23(33)19-14-28-12-13-29-19;1-2-3-7(10)8(12)9(13)11-6-4-5-6/h17-19,21-25,27-30,44H,5-16,20H2,1-4H3,(H,39,48)(H,40,47)(H,41,45)(H,42,46);12-14,16-18,20-22H,4-11,15H2,1-3H3,(H,30,33)(H,31,34)(H,36,37);6-8,12H,2-5,10H2,1H3,(H,11,13)/t22?,24-,25-,27-,28-,29+,30+;17?,18-,20-,21-,22+;7-,8+/m000/s1. The molecule has 27 nitrogen and oxygen atoms in total. The molecule has 2 aliphatic heterocycles. The topological polar surface area (TPSA) is 400 Å². The van der Waals surface area contributed by atoms with Gasteiger partial charge in [-0.05, 0) is 136 Å². The second-order valence-corrected chi connectivity index (χ2v) is 31.2. The van der Waals surface area contributed by atoms with Gasteiger partial charge in [0.05, 0.1) is 18.4 Å². The fraction of sp³-hybridized carbons (Fsp3) is 0.750. The van der Waals surface area contributed by atoms with E-state index in [4.69, 9.17) is 5.73 Å². The Balaban J connectivity index is 0.000000219. The predicted octanol–water partition coefficient (Wildman–Crippen LogP) is 4.39. The highest BCUT2D eigenvalue weighted by molar-refractivity contribution is 5.99. The number of carboxylic acid groups (broad SMARTS) is 1. The number of nitrogens with two attached hydrogens (primary N) is 1. The van der Waals surface area contributed by atoms with Crippen molar-refractivity contribution in [3.8, 4) is 0 Å². The third-order valence-electron chi connectivity index (χ3n) is 21.4. The summed E-state index contributed by atoms with van der Waals surface area (Å²) in [5, 5.41) is 50.6. The fourth-order valence-electron chi connectivity index (χ4n) is 15.6. The van der Waals surface area contributed by atoms with E-state index in [1.165, 1.54) is 42.1 Å². The maximum Gasteiger partial charge on any atom is 0.326 e. The summed E-state index contributed by atoms with van der Waals surface area (Å²) >= 11 is 0. The SMILES string of the molecule is CC(C)(C)[C@H](NC(=O)[C@@H](NC(=O)c1cnccn1)C1CCCCC1)C(=O)N1CC2CCC[C@@H]2[C@H]1C(=O)O.CCC[C@H](N)[C@@H](O)C(=O)NC1CC1.CCC[C@H](NC(=O)[C@@H]1[C@H]2CCCC2CN1C(=O)[C@@H](NC(=O)[C@@H](NC(=O)c1cnccn1)C1CCCCC1)C(C)(C)C)[C@@H](O)C(=O)NC1CC1. The van der Waals surface area contributed by atoms with Crippen molar-refractivity contribution in [3.63, 3.8) is 0 Å². The third kappa shape index (κ3) is 20.9. The number of hydrogen-bond donors (Lipinski definition) is 11. The van der Waals surface area contributed by atoms with Crippen LogP contribution in [0.5, 0.6) is 0 Å². The summed E-state index contributed by atoms with van der Waals surface area (Å²) in [4.78, 5) is 152. The van der Waals surface area contributed by atoms with Gasteiger partial charge in [0.25, 0.3) is 23.6 Å². The highest BCUT2D eigenvalue weighted by Gasteiger charge is 2.54. The Bertz CT molecular complexity index is 3080. The first-order chi connectivity index (χ1) is 47.1. The monoisotopic (exact) mass is 1380 g/mol. The lowest BCUT2D eigenvalue weighted by molar-refractivity contribution is -0.152. The zero-order chi connectivity index (χ0) is 71.9. The summed E-state index contributed by atoms with van der Waals surface area (Å²) in [6.45, 7) is 15.9. The largest absolute Gasteiger partial charge is 0.480 e. The molecule has 14 atom stereocenters. The Morgan fingerprint density at radius 3 is 1.30 bits per heavy atom. The van der Waals surface area contributed by atoms with E-state index in [0.29, 0.717) is 32.4 Å². The highest BCUT2D eigenvalue weighted by Crippen LogP contribution is 2.45. The molecule has 2 aromatic rings. The minimum atomic E-state index is -1.40. The van der Waals surface area contributed by atoms with Crippen LogP contribution in [-0.2, 0) is 38.4 Å². The zero-order valence-corrected chi connectivity index (χ0v) is 59.4. The van der Waals surface area contributed by atoms with Crippen LogP contribution in [0.2, 0.25) is 0 Å². The van der Waals surface area contributed by atoms with E-state index in [9.17, 15) is 63.3 Å². The van der Waals surface area contributed by atoms with Gasteiger partial charge in [0.15, 0.2) is 6.10 Å². The Labute approximate surface area is 582 Å². The van der Waals surface area contributed by atoms with Crippen LogP contribution in [-0.4, -0.2) is 190 Å². The number of amides is 9. The molecule has 6 aliphatic carbocycles. The molecule has 6 saturated carbocycles. The van der Waals surface area contributed by atoms with E-state index in [1.54, 1.807) is 4.90 Å². The lowest BCUT2D eigenvalue weighted by Crippen LogP contribution is -2.62. The smallest absolute Gasteiger partial charge is 0.326 e. The number of carbonyl (C=O) groups excluding carboxylic acids is 9. The molecule has 2 saturated heterocycles. The summed E-state index contributed by atoms with van der Waals surface area (Å²) in [5.74, 6) is -4.70. The lowest BCUT2D eigenvalue weighted by Gasteiger charge is -2.38. The van der Waals surface area contributed by atoms with Gasteiger partial charge in [0.2, 0.25) is 29.5 Å². The molecule has 12 N–H and O–H groups in total. The van der Waals surface area contributed by atoms with Crippen LogP contribution in [0.15, 0.2) is 37.2 Å². The van der Waals surface area contributed by atoms with Gasteiger partial charge >= 0.3 is 5.97 Å². The molecule has 0 aromatic carbocycles. The first-order valence-corrected chi connectivity index (χ1v) is 36.7. The average Bonchev–Trinajstić information content (AvgIpc) is 1.64. The maximum atomic E-state index is 14.6. The quantitative estimate of drug-likeness (QED) is 0.0656. The number of fused-ring (bicyclic) bond motifs is 2. The van der Waals surface area contributed by atoms with Crippen LogP contribution in [0.4, 0.5) is 0 Å². The van der Waals surface area contributed by atoms with Crippen molar-refractivity contribution in [3.05, 3.63) is 48.6 Å². The summed E-state index contributed by atoms with van der Waals surface area (Å²) in [5.41, 5.74) is 4.45. The van der Waals surface area contributed by atoms with Gasteiger partial charge in [-0.1, -0.05) is 120 Å². The van der Waals surface area contributed by atoms with Crippen molar-refractivity contribution in [2.75, 3.05) is 13.1 Å². The molecule has 0 spiro atoms. The number of nitrogens with zero attached hydrogens (tertiary/aromatic N) is 6. The molecule has 99 heavy (non-hydrogen) atoms. The predicted molar refractivity (Wildman–Crippen MR) is 367 cm³/mol. The number of likely N-dealkylation sites (tertiary alicyclic amines) is 2. The van der Waals surface area contributed by atoms with Gasteiger partial charge in [0, 0.05) is 56.0 Å². The van der Waals surface area contributed by atoms with Crippen molar-refractivity contribution in [2.45, 2.75) is 282 Å². The highest BCUT2D eigenvalue weighted by atomic mass is 16.4. The van der Waals surface area contributed by atoms with Crippen LogP contribution in [0.1, 0.15) is 230 Å². The van der Waals surface area contributed by atoms with E-state index in [2.05, 4.69) is 57.2 Å². The Hall–Kier alpha value is -7.26. The van der Waals surface area contributed by atoms with E-state index < -0.39 is 107 Å². The summed E-state index contributed by atoms with van der Waals surface area (Å²) in [6, 6.07) is -6.12. The normalized spacial score (nSPS) is 24.7. The van der Waals surface area contributed by atoms with Crippen LogP contribution in [0.25, 0.3) is 0 Å². The second kappa shape index (κ2) is 35.4. The lowest BCUT2D eigenvalue weighted by atomic mass is 9.82. The first-order valence-electron chi connectivity index (χ1n) is 36.7. The van der Waals surface area contributed by atoms with Gasteiger partial charge in [0.1, 0.15) is 53.7 Å². The molecule has 9 amide bonds. The van der Waals surface area contributed by atoms with Crippen molar-refractivity contribution < 1.29 is 63.3 Å². The van der Waals surface area contributed by atoms with Crippen molar-refractivity contribution in [1.82, 2.24) is 67.0 Å². The molecule has 4 heterocycles. The number of aliphatic hydroxyl groups is 2. The van der Waals surface area contributed by atoms with Crippen LogP contribution in [0.3, 0.4) is 0 Å². The maximum absolute atomic E-state index is 14.6. The van der Waals surface area contributed by atoms with Gasteiger partial charge in [-0.3, -0.25) is 53.1 Å². The number of aliphatic hydroxyl groups excluding tert-OH is 2. The van der Waals surface area contributed by atoms with Gasteiger partial charge < -0.3 is 68.1 Å². The second-order valence-electron chi connectivity index (χ2n) is 31.2. The van der Waals surface area contributed by atoms with Crippen molar-refractivity contribution >= 4 is 59.1 Å². The number of aliphatic carboxylic acids is 1. The summed E-state index contributed by atoms with van der Waals surface area (Å²) < 4.78 is 0. The Morgan fingerprint density at radius 1 is 0.505 bits per heavy atom. The van der Waals surface area contributed by atoms with E-state index in [0.717, 1.165) is 135 Å². The minimum absolute atomic E-state index is 0.0426. The number of rotatable bonds is 25. The molecular weight excluding hydrogens is 1270 g/mol. The molecule has 27 heteroatoms. The zero-order valence-electron chi connectivity index (χ0n) is 59.4. The molecule has 548 valence electrons. The van der Waals surface area contributed by atoms with Crippen LogP contribution >= 0.6 is 0 Å². The molecule has 0 bridgehead atoms. The van der Waals surface area contributed by atoms with E-state index in [1.807, 2.05) is 55.4 Å². The molecule has 2 unspecified atom stereocenters. The minimum Gasteiger partial charge on any atom is -0.480 e. The molecular formula is C72H112N14O13. The number of nitrogens with one attached hydrogen (secondary N) is 7. The molecule has 10 rings (SSSR count). The molecule has 8 aliphatic rings. The Kier molecular flexibility index (Phi) is 27.7. The van der Waals surface area contributed by atoms with Crippen LogP contribution < -0.4 is 43.0 Å². The molecule has 0 radical (unpaired) electrons. The Morgan fingerprint density at radius 2 is 0.919 bits per heavy atom. The average molecular weight is 1380 g/mol. The molecule has 2 aromatic heterocycles. The summed E-state index contributed by atoms with van der Waals surface area (Å²) in [6.07, 6.45) is 26.9. The first kappa shape index (κ1) is 77.5. The third-order valence-corrected chi connectivity index (χ3v) is 21.4. The number of aromatic nitrogens is 4. The van der Waals surface area contributed by atoms with E-state index in [-0.39, 0.29) is 82.6 Å². The number of carbonyl (C=O) groups is 10. The van der Waals surface area contributed by atoms with E-state index >= 15 is 0 Å². The van der Waals surface area contributed by atoms with Crippen molar-refractivity contribution in [2.24, 2.45) is 52.1 Å². The van der Waals surface area contributed by atoms with Crippen molar-refractivity contribution in [1.29, 1.82) is 0 Å². The molecule has 8 fully saturated rings. The fourth-order valence-corrected chi connectivity index (χ4v) is 15.6. The van der Waals surface area contributed by atoms with Gasteiger partial charge in [-0.25, -0.2) is 14.8 Å². The van der Waals surface area contributed by atoms with Crippen LogP contribution in [0, 0.1) is 46.3 Å². The number of carboxylic acids is 1. The van der Waals surface area contributed by atoms with Gasteiger partial charge in [-0.2, -0.15) is 0 Å². The summed E-state index contributed by atoms with van der Waals surface area (Å²) in [7, 11) is 0. The number of hydrogen-bond acceptors (Lipinski definition) is 17. The van der Waals surface area contributed by atoms with Gasteiger partial charge in [-0.15, -0.1) is 0 Å².